The van der Waals surface area contributed by atoms with Crippen LogP contribution < -0.4 is 0 Å². The predicted molar refractivity (Wildman–Crippen MR) is 75.9 cm³/mol. The lowest BCUT2D eigenvalue weighted by atomic mass is 10.2. The zero-order valence-electron chi connectivity index (χ0n) is 11.2. The van der Waals surface area contributed by atoms with E-state index in [0.29, 0.717) is 22.8 Å². The number of ether oxygens (including phenoxy) is 1. The fourth-order valence-corrected chi connectivity index (χ4v) is 2.67. The Morgan fingerprint density at radius 1 is 1.35 bits per heavy atom. The van der Waals surface area contributed by atoms with Gasteiger partial charge in [0.1, 0.15) is 6.61 Å². The van der Waals surface area contributed by atoms with Gasteiger partial charge in [0, 0.05) is 18.1 Å². The van der Waals surface area contributed by atoms with Gasteiger partial charge in [-0.15, -0.1) is 0 Å². The largest absolute Gasteiger partial charge is 0.460 e. The van der Waals surface area contributed by atoms with Crippen LogP contribution in [-0.4, -0.2) is 32.3 Å². The van der Waals surface area contributed by atoms with Crippen molar-refractivity contribution in [3.63, 3.8) is 0 Å². The summed E-state index contributed by atoms with van der Waals surface area (Å²) in [6.07, 6.45) is 3.47. The molecule has 0 aliphatic heterocycles. The molecule has 5 nitrogen and oxygen atoms in total. The summed E-state index contributed by atoms with van der Waals surface area (Å²) in [5.74, 6) is 0.0203. The Bertz CT molecular complexity index is 596. The molecular weight excluding hydrogens is 276 g/mol. The van der Waals surface area contributed by atoms with Gasteiger partial charge in [0.2, 0.25) is 0 Å². The molecule has 1 aromatic carbocycles. The second kappa shape index (κ2) is 7.00. The van der Waals surface area contributed by atoms with E-state index in [2.05, 4.69) is 5.10 Å². The summed E-state index contributed by atoms with van der Waals surface area (Å²) < 4.78 is 18.8. The van der Waals surface area contributed by atoms with Crippen LogP contribution in [-0.2, 0) is 22.1 Å². The maximum absolute atomic E-state index is 12.0. The van der Waals surface area contributed by atoms with Crippen LogP contribution in [0.15, 0.2) is 47.6 Å². The number of aromatic nitrogens is 2. The zero-order valence-corrected chi connectivity index (χ0v) is 12.0. The number of rotatable bonds is 6. The number of hydrogen-bond donors (Lipinski definition) is 0. The van der Waals surface area contributed by atoms with E-state index in [0.717, 1.165) is 0 Å². The van der Waals surface area contributed by atoms with Crippen molar-refractivity contribution in [3.8, 4) is 0 Å². The third-order valence-electron chi connectivity index (χ3n) is 2.73. The van der Waals surface area contributed by atoms with Gasteiger partial charge in [0.25, 0.3) is 0 Å². The number of esters is 1. The molecular formula is C14H16N2O3S. The lowest BCUT2D eigenvalue weighted by molar-refractivity contribution is 0.0483. The van der Waals surface area contributed by atoms with Crippen LogP contribution in [0.4, 0.5) is 0 Å². The number of hydrogen-bond acceptors (Lipinski definition) is 4. The SMILES string of the molecule is CCS(=O)c1ccccc1C(=O)OCCn1cccn1. The summed E-state index contributed by atoms with van der Waals surface area (Å²) in [7, 11) is -1.18. The maximum atomic E-state index is 12.0. The minimum absolute atomic E-state index is 0.230. The molecule has 2 aromatic rings. The van der Waals surface area contributed by atoms with Crippen LogP contribution >= 0.6 is 0 Å². The van der Waals surface area contributed by atoms with Crippen molar-refractivity contribution in [2.24, 2.45) is 0 Å². The average molecular weight is 292 g/mol. The average Bonchev–Trinajstić information content (AvgIpc) is 2.99. The first-order valence-corrected chi connectivity index (χ1v) is 7.66. The summed E-state index contributed by atoms with van der Waals surface area (Å²) in [6.45, 7) is 2.54. The molecule has 2 rings (SSSR count). The lowest BCUT2D eigenvalue weighted by Gasteiger charge is -2.08. The van der Waals surface area contributed by atoms with Gasteiger partial charge in [0.15, 0.2) is 0 Å². The summed E-state index contributed by atoms with van der Waals surface area (Å²) >= 11 is 0. The Balaban J connectivity index is 2.00. The standard InChI is InChI=1S/C14H16N2O3S/c1-2-20(18)13-7-4-3-6-12(13)14(17)19-11-10-16-9-5-8-15-16/h3-9H,2,10-11H2,1H3. The fourth-order valence-electron chi connectivity index (χ4n) is 1.73. The molecule has 1 heterocycles. The number of carbonyl (C=O) groups is 1. The summed E-state index contributed by atoms with van der Waals surface area (Å²) in [5.41, 5.74) is 0.369. The quantitative estimate of drug-likeness (QED) is 0.763. The van der Waals surface area contributed by atoms with Gasteiger partial charge < -0.3 is 4.74 Å². The van der Waals surface area contributed by atoms with E-state index in [1.807, 2.05) is 13.0 Å². The minimum atomic E-state index is -1.18. The first-order valence-electron chi connectivity index (χ1n) is 6.34. The van der Waals surface area contributed by atoms with Crippen LogP contribution in [0.3, 0.4) is 0 Å². The van der Waals surface area contributed by atoms with Crippen LogP contribution in [0, 0.1) is 0 Å². The van der Waals surface area contributed by atoms with Crippen molar-refractivity contribution in [1.82, 2.24) is 9.78 Å². The Hall–Kier alpha value is -1.95. The highest BCUT2D eigenvalue weighted by molar-refractivity contribution is 7.85. The third-order valence-corrected chi connectivity index (χ3v) is 4.10. The van der Waals surface area contributed by atoms with Gasteiger partial charge in [-0.3, -0.25) is 8.89 Å². The van der Waals surface area contributed by atoms with Gasteiger partial charge in [-0.25, -0.2) is 4.79 Å². The summed E-state index contributed by atoms with van der Waals surface area (Å²) in [5, 5.41) is 4.02. The summed E-state index contributed by atoms with van der Waals surface area (Å²) in [6, 6.07) is 8.65. The smallest absolute Gasteiger partial charge is 0.339 e. The molecule has 0 bridgehead atoms. The van der Waals surface area contributed by atoms with E-state index in [1.54, 1.807) is 41.3 Å². The van der Waals surface area contributed by atoms with E-state index in [9.17, 15) is 9.00 Å². The van der Waals surface area contributed by atoms with Gasteiger partial charge in [-0.2, -0.15) is 5.10 Å². The molecule has 0 N–H and O–H groups in total. The van der Waals surface area contributed by atoms with Gasteiger partial charge in [-0.05, 0) is 18.2 Å². The van der Waals surface area contributed by atoms with E-state index in [-0.39, 0.29) is 6.61 Å². The normalized spacial score (nSPS) is 12.1. The van der Waals surface area contributed by atoms with Crippen molar-refractivity contribution in [3.05, 3.63) is 48.3 Å². The molecule has 0 radical (unpaired) electrons. The molecule has 0 saturated heterocycles. The monoisotopic (exact) mass is 292 g/mol. The molecule has 1 unspecified atom stereocenters. The number of carbonyl (C=O) groups excluding carboxylic acids is 1. The van der Waals surface area contributed by atoms with Crippen molar-refractivity contribution in [1.29, 1.82) is 0 Å². The van der Waals surface area contributed by atoms with Crippen molar-refractivity contribution < 1.29 is 13.7 Å². The van der Waals surface area contributed by atoms with Crippen LogP contribution in [0.5, 0.6) is 0 Å². The predicted octanol–water partition coefficient (Wildman–Crippen LogP) is 1.87. The van der Waals surface area contributed by atoms with E-state index < -0.39 is 16.8 Å². The molecule has 6 heteroatoms. The Morgan fingerprint density at radius 2 is 2.15 bits per heavy atom. The molecule has 106 valence electrons. The summed E-state index contributed by atoms with van der Waals surface area (Å²) in [4.78, 5) is 12.6. The zero-order chi connectivity index (χ0) is 14.4. The highest BCUT2D eigenvalue weighted by Crippen LogP contribution is 2.15. The second-order valence-electron chi connectivity index (χ2n) is 4.04. The molecule has 0 fully saturated rings. The molecule has 1 aromatic heterocycles. The molecule has 0 saturated carbocycles. The van der Waals surface area contributed by atoms with Crippen molar-refractivity contribution >= 4 is 16.8 Å². The first kappa shape index (κ1) is 14.5. The molecule has 0 aliphatic carbocycles. The first-order chi connectivity index (χ1) is 9.72. The van der Waals surface area contributed by atoms with E-state index >= 15 is 0 Å². The Labute approximate surface area is 120 Å². The van der Waals surface area contributed by atoms with Gasteiger partial charge in [-0.1, -0.05) is 19.1 Å². The topological polar surface area (TPSA) is 61.2 Å². The van der Waals surface area contributed by atoms with Crippen LogP contribution in [0.1, 0.15) is 17.3 Å². The number of nitrogens with zero attached hydrogens (tertiary/aromatic N) is 2. The Morgan fingerprint density at radius 3 is 2.85 bits per heavy atom. The third kappa shape index (κ3) is 3.54. The minimum Gasteiger partial charge on any atom is -0.460 e. The second-order valence-corrected chi connectivity index (χ2v) is 5.74. The molecule has 0 spiro atoms. The molecule has 1 atom stereocenters. The highest BCUT2D eigenvalue weighted by Gasteiger charge is 2.15. The molecule has 0 amide bonds. The maximum Gasteiger partial charge on any atom is 0.339 e. The van der Waals surface area contributed by atoms with Crippen LogP contribution in [0.2, 0.25) is 0 Å². The van der Waals surface area contributed by atoms with Gasteiger partial charge in [0.05, 0.1) is 27.8 Å². The van der Waals surface area contributed by atoms with E-state index in [1.165, 1.54) is 0 Å². The van der Waals surface area contributed by atoms with Crippen molar-refractivity contribution in [2.75, 3.05) is 12.4 Å². The molecule has 0 aliphatic rings. The van der Waals surface area contributed by atoms with E-state index in [4.69, 9.17) is 4.74 Å². The molecule has 20 heavy (non-hydrogen) atoms. The van der Waals surface area contributed by atoms with Crippen LogP contribution in [0.25, 0.3) is 0 Å². The van der Waals surface area contributed by atoms with Crippen molar-refractivity contribution in [2.45, 2.75) is 18.4 Å². The van der Waals surface area contributed by atoms with Gasteiger partial charge >= 0.3 is 5.97 Å². The number of benzene rings is 1. The lowest BCUT2D eigenvalue weighted by Crippen LogP contribution is -2.14. The Kier molecular flexibility index (Phi) is 5.06. The fraction of sp³-hybridized carbons (Fsp3) is 0.286. The highest BCUT2D eigenvalue weighted by atomic mass is 32.2.